The summed E-state index contributed by atoms with van der Waals surface area (Å²) >= 11 is -0.165. The molecule has 17 heavy (non-hydrogen) atoms. The Labute approximate surface area is 101 Å². The lowest BCUT2D eigenvalue weighted by atomic mass is 10.2. The molecule has 2 nitrogen and oxygen atoms in total. The highest BCUT2D eigenvalue weighted by atomic mass is 32.2. The molecule has 0 aliphatic heterocycles. The Kier molecular flexibility index (Phi) is 4.62. The van der Waals surface area contributed by atoms with Crippen LogP contribution in [0.4, 0.5) is 13.2 Å². The Hall–Kier alpha value is -1.43. The summed E-state index contributed by atoms with van der Waals surface area (Å²) in [5.74, 6) is -0.265. The number of halogens is 3. The van der Waals surface area contributed by atoms with Gasteiger partial charge in [-0.25, -0.2) is 0 Å². The van der Waals surface area contributed by atoms with Gasteiger partial charge in [-0.3, -0.25) is 4.79 Å². The fraction of sp³-hybridized carbons (Fsp3) is 0.182. The summed E-state index contributed by atoms with van der Waals surface area (Å²) in [5, 5.41) is 2.40. The minimum atomic E-state index is -4.28. The van der Waals surface area contributed by atoms with E-state index in [1.807, 2.05) is 0 Å². The van der Waals surface area contributed by atoms with Crippen LogP contribution in [0.2, 0.25) is 0 Å². The zero-order chi connectivity index (χ0) is 12.9. The van der Waals surface area contributed by atoms with Gasteiger partial charge in [0.15, 0.2) is 0 Å². The molecule has 0 atom stereocenters. The number of rotatable bonds is 3. The summed E-state index contributed by atoms with van der Waals surface area (Å²) in [6.45, 7) is 0. The number of amides is 1. The molecule has 0 fully saturated rings. The lowest BCUT2D eigenvalue weighted by Gasteiger charge is -2.05. The predicted molar refractivity (Wildman–Crippen MR) is 61.5 cm³/mol. The summed E-state index contributed by atoms with van der Waals surface area (Å²) in [7, 11) is 1.50. The topological polar surface area (TPSA) is 29.1 Å². The molecule has 0 radical (unpaired) electrons. The lowest BCUT2D eigenvalue weighted by Crippen LogP contribution is -2.13. The second-order valence-electron chi connectivity index (χ2n) is 3.06. The number of thioether (sulfide) groups is 1. The van der Waals surface area contributed by atoms with E-state index in [0.717, 1.165) is 0 Å². The van der Waals surface area contributed by atoms with Gasteiger partial charge in [-0.05, 0) is 35.5 Å². The first-order valence-corrected chi connectivity index (χ1v) is 5.48. The number of hydrogen-bond donors (Lipinski definition) is 1. The van der Waals surface area contributed by atoms with Crippen LogP contribution in [0.1, 0.15) is 5.56 Å². The second-order valence-corrected chi connectivity index (χ2v) is 4.20. The van der Waals surface area contributed by atoms with Crippen molar-refractivity contribution in [3.8, 4) is 0 Å². The van der Waals surface area contributed by atoms with E-state index in [-0.39, 0.29) is 22.6 Å². The van der Waals surface area contributed by atoms with Gasteiger partial charge in [-0.1, -0.05) is 12.1 Å². The molecule has 0 heterocycles. The minimum Gasteiger partial charge on any atom is -0.356 e. The van der Waals surface area contributed by atoms with Gasteiger partial charge >= 0.3 is 5.51 Å². The first-order valence-electron chi connectivity index (χ1n) is 4.66. The predicted octanol–water partition coefficient (Wildman–Crippen LogP) is 3.06. The molecule has 6 heteroatoms. The highest BCUT2D eigenvalue weighted by Crippen LogP contribution is 2.36. The van der Waals surface area contributed by atoms with Crippen molar-refractivity contribution in [2.24, 2.45) is 0 Å². The maximum absolute atomic E-state index is 12.0. The van der Waals surface area contributed by atoms with Crippen molar-refractivity contribution in [2.75, 3.05) is 7.05 Å². The molecular formula is C11H10F3NOS. The van der Waals surface area contributed by atoms with Gasteiger partial charge in [0, 0.05) is 18.0 Å². The largest absolute Gasteiger partial charge is 0.446 e. The number of benzene rings is 1. The summed E-state index contributed by atoms with van der Waals surface area (Å²) in [4.78, 5) is 11.0. The number of hydrogen-bond acceptors (Lipinski definition) is 2. The summed E-state index contributed by atoms with van der Waals surface area (Å²) in [6.07, 6.45) is 2.84. The average Bonchev–Trinajstić information content (AvgIpc) is 2.25. The van der Waals surface area contributed by atoms with Gasteiger partial charge in [0.25, 0.3) is 0 Å². The van der Waals surface area contributed by atoms with E-state index in [4.69, 9.17) is 0 Å². The van der Waals surface area contributed by atoms with Crippen LogP contribution in [-0.2, 0) is 4.79 Å². The molecule has 1 aromatic rings. The van der Waals surface area contributed by atoms with Crippen molar-refractivity contribution in [1.82, 2.24) is 5.32 Å². The summed E-state index contributed by atoms with van der Waals surface area (Å²) in [5.41, 5.74) is -3.61. The summed E-state index contributed by atoms with van der Waals surface area (Å²) < 4.78 is 36.1. The Balaban J connectivity index is 2.68. The van der Waals surface area contributed by atoms with Gasteiger partial charge in [-0.2, -0.15) is 13.2 Å². The van der Waals surface area contributed by atoms with Gasteiger partial charge < -0.3 is 5.32 Å². The van der Waals surface area contributed by atoms with E-state index in [1.54, 1.807) is 0 Å². The standard InChI is InChI=1S/C11H10F3NOS/c1-15-10(16)7-4-8-2-5-9(6-3-8)17-11(12,13)14/h2-7H,1H3,(H,15,16)/b7-4+. The molecule has 0 saturated heterocycles. The Morgan fingerprint density at radius 2 is 1.88 bits per heavy atom. The molecular weight excluding hydrogens is 251 g/mol. The number of carbonyl (C=O) groups excluding carboxylic acids is 1. The zero-order valence-corrected chi connectivity index (χ0v) is 9.73. The summed E-state index contributed by atoms with van der Waals surface area (Å²) in [6, 6.07) is 5.77. The third kappa shape index (κ3) is 5.44. The number of nitrogens with one attached hydrogen (secondary N) is 1. The van der Waals surface area contributed by atoms with E-state index >= 15 is 0 Å². The van der Waals surface area contributed by atoms with Crippen molar-refractivity contribution in [2.45, 2.75) is 10.4 Å². The van der Waals surface area contributed by atoms with E-state index in [1.165, 1.54) is 43.5 Å². The SMILES string of the molecule is CNC(=O)/C=C/c1ccc(SC(F)(F)F)cc1. The maximum atomic E-state index is 12.0. The number of alkyl halides is 3. The van der Waals surface area contributed by atoms with Crippen LogP contribution in [0.3, 0.4) is 0 Å². The molecule has 0 unspecified atom stereocenters. The molecule has 0 aliphatic rings. The van der Waals surface area contributed by atoms with E-state index in [2.05, 4.69) is 5.32 Å². The van der Waals surface area contributed by atoms with Crippen LogP contribution in [-0.4, -0.2) is 18.5 Å². The normalized spacial score (nSPS) is 11.8. The van der Waals surface area contributed by atoms with Gasteiger partial charge in [0.05, 0.1) is 0 Å². The lowest BCUT2D eigenvalue weighted by molar-refractivity contribution is -0.115. The van der Waals surface area contributed by atoms with Crippen LogP contribution in [0.5, 0.6) is 0 Å². The second kappa shape index (κ2) is 5.77. The fourth-order valence-electron chi connectivity index (χ4n) is 1.04. The van der Waals surface area contributed by atoms with Crippen LogP contribution in [0.25, 0.3) is 6.08 Å². The molecule has 0 bridgehead atoms. The van der Waals surface area contributed by atoms with E-state index in [0.29, 0.717) is 5.56 Å². The molecule has 0 aromatic heterocycles. The van der Waals surface area contributed by atoms with Crippen molar-refractivity contribution < 1.29 is 18.0 Å². The number of likely N-dealkylation sites (N-methyl/N-ethyl adjacent to an activating group) is 1. The third-order valence-corrected chi connectivity index (χ3v) is 2.53. The van der Waals surface area contributed by atoms with Crippen LogP contribution in [0.15, 0.2) is 35.2 Å². The minimum absolute atomic E-state index is 0.120. The molecule has 1 amide bonds. The zero-order valence-electron chi connectivity index (χ0n) is 8.91. The van der Waals surface area contributed by atoms with Gasteiger partial charge in [-0.15, -0.1) is 0 Å². The van der Waals surface area contributed by atoms with Gasteiger partial charge in [0.1, 0.15) is 0 Å². The fourth-order valence-corrected chi connectivity index (χ4v) is 1.58. The Bertz CT molecular complexity index is 412. The van der Waals surface area contributed by atoms with Crippen LogP contribution in [0, 0.1) is 0 Å². The molecule has 92 valence electrons. The highest BCUT2D eigenvalue weighted by Gasteiger charge is 2.28. The van der Waals surface area contributed by atoms with E-state index < -0.39 is 5.51 Å². The quantitative estimate of drug-likeness (QED) is 0.669. The number of carbonyl (C=O) groups is 1. The Morgan fingerprint density at radius 3 is 2.35 bits per heavy atom. The Morgan fingerprint density at radius 1 is 1.29 bits per heavy atom. The monoisotopic (exact) mass is 261 g/mol. The molecule has 1 rings (SSSR count). The first kappa shape index (κ1) is 13.6. The van der Waals surface area contributed by atoms with Crippen molar-refractivity contribution in [3.63, 3.8) is 0 Å². The molecule has 0 aliphatic carbocycles. The molecule has 0 spiro atoms. The molecule has 1 N–H and O–H groups in total. The maximum Gasteiger partial charge on any atom is 0.446 e. The molecule has 0 saturated carbocycles. The van der Waals surface area contributed by atoms with Crippen molar-refractivity contribution in [1.29, 1.82) is 0 Å². The highest BCUT2D eigenvalue weighted by molar-refractivity contribution is 8.00. The van der Waals surface area contributed by atoms with Crippen LogP contribution < -0.4 is 5.32 Å². The van der Waals surface area contributed by atoms with Crippen LogP contribution >= 0.6 is 11.8 Å². The van der Waals surface area contributed by atoms with E-state index in [9.17, 15) is 18.0 Å². The third-order valence-electron chi connectivity index (χ3n) is 1.79. The van der Waals surface area contributed by atoms with Gasteiger partial charge in [0.2, 0.25) is 5.91 Å². The average molecular weight is 261 g/mol. The molecule has 1 aromatic carbocycles. The smallest absolute Gasteiger partial charge is 0.356 e. The van der Waals surface area contributed by atoms with Crippen molar-refractivity contribution >= 4 is 23.7 Å². The van der Waals surface area contributed by atoms with Crippen molar-refractivity contribution in [3.05, 3.63) is 35.9 Å². The first-order chi connectivity index (χ1) is 7.90.